The van der Waals surface area contributed by atoms with Crippen LogP contribution in [0.3, 0.4) is 0 Å². The number of fused-ring (bicyclic) bond motifs is 1. The van der Waals surface area contributed by atoms with Crippen LogP contribution in [0.5, 0.6) is 0 Å². The van der Waals surface area contributed by atoms with E-state index in [-0.39, 0.29) is 6.09 Å². The van der Waals surface area contributed by atoms with Crippen molar-refractivity contribution in [2.24, 2.45) is 5.92 Å². The van der Waals surface area contributed by atoms with E-state index < -0.39 is 5.60 Å². The fourth-order valence-corrected chi connectivity index (χ4v) is 2.72. The van der Waals surface area contributed by atoms with Gasteiger partial charge < -0.3 is 15.0 Å². The van der Waals surface area contributed by atoms with E-state index in [0.717, 1.165) is 31.6 Å². The van der Waals surface area contributed by atoms with Crippen LogP contribution in [0.2, 0.25) is 0 Å². The lowest BCUT2D eigenvalue weighted by molar-refractivity contribution is 0.0224. The first-order valence-corrected chi connectivity index (χ1v) is 8.59. The summed E-state index contributed by atoms with van der Waals surface area (Å²) < 4.78 is 5.51. The fraction of sp³-hybridized carbons (Fsp3) is 0.632. The highest BCUT2D eigenvalue weighted by atomic mass is 16.6. The maximum absolute atomic E-state index is 12.3. The van der Waals surface area contributed by atoms with Crippen LogP contribution in [0, 0.1) is 5.92 Å². The van der Waals surface area contributed by atoms with Crippen LogP contribution in [0.15, 0.2) is 18.2 Å². The molecule has 2 rings (SSSR count). The summed E-state index contributed by atoms with van der Waals surface area (Å²) in [5.41, 5.74) is 3.26. The van der Waals surface area contributed by atoms with E-state index in [1.54, 1.807) is 4.90 Å². The third-order valence-corrected chi connectivity index (χ3v) is 3.96. The molecule has 0 spiro atoms. The Balaban J connectivity index is 2.07. The Hall–Kier alpha value is -1.71. The molecule has 128 valence electrons. The van der Waals surface area contributed by atoms with Crippen LogP contribution in [0.25, 0.3) is 0 Å². The lowest BCUT2D eigenvalue weighted by Crippen LogP contribution is -2.40. The number of nitrogens with zero attached hydrogens (tertiary/aromatic N) is 1. The Bertz CT molecular complexity index is 547. The summed E-state index contributed by atoms with van der Waals surface area (Å²) in [6, 6.07) is 6.37. The molecule has 0 aliphatic carbocycles. The lowest BCUT2D eigenvalue weighted by Gasteiger charge is -2.32. The third-order valence-electron chi connectivity index (χ3n) is 3.96. The first-order valence-electron chi connectivity index (χ1n) is 8.59. The van der Waals surface area contributed by atoms with E-state index in [4.69, 9.17) is 4.74 Å². The normalized spacial score (nSPS) is 14.6. The second-order valence-corrected chi connectivity index (χ2v) is 7.70. The molecule has 0 saturated heterocycles. The summed E-state index contributed by atoms with van der Waals surface area (Å²) in [5.74, 6) is 0.681. The lowest BCUT2D eigenvalue weighted by atomic mass is 9.98. The second kappa shape index (κ2) is 7.24. The zero-order valence-corrected chi connectivity index (χ0v) is 15.1. The molecule has 23 heavy (non-hydrogen) atoms. The van der Waals surface area contributed by atoms with Crippen molar-refractivity contribution in [1.29, 1.82) is 0 Å². The maximum atomic E-state index is 12.3. The topological polar surface area (TPSA) is 41.6 Å². The average molecular weight is 318 g/mol. The van der Waals surface area contributed by atoms with Crippen LogP contribution >= 0.6 is 0 Å². The molecule has 1 N–H and O–H groups in total. The van der Waals surface area contributed by atoms with Gasteiger partial charge in [0.25, 0.3) is 0 Å². The number of carbonyl (C=O) groups excluding carboxylic acids is 1. The Labute approximate surface area is 140 Å². The van der Waals surface area contributed by atoms with E-state index in [9.17, 15) is 4.79 Å². The van der Waals surface area contributed by atoms with Crippen LogP contribution in [-0.4, -0.2) is 29.7 Å². The molecule has 1 aliphatic rings. The molecule has 0 atom stereocenters. The number of amides is 1. The zero-order chi connectivity index (χ0) is 17.0. The number of rotatable bonds is 4. The highest BCUT2D eigenvalue weighted by Crippen LogP contribution is 2.27. The van der Waals surface area contributed by atoms with Gasteiger partial charge in [-0.05, 0) is 56.7 Å². The minimum absolute atomic E-state index is 0.222. The molecule has 0 fully saturated rings. The summed E-state index contributed by atoms with van der Waals surface area (Å²) in [6.07, 6.45) is 1.80. The SMILES string of the molecule is CC(C)CCNc1cccc2c1CN(C(=O)OC(C)(C)C)CC2. The molecule has 0 radical (unpaired) electrons. The molecule has 4 nitrogen and oxygen atoms in total. The minimum Gasteiger partial charge on any atom is -0.444 e. The van der Waals surface area contributed by atoms with Gasteiger partial charge in [-0.2, -0.15) is 0 Å². The second-order valence-electron chi connectivity index (χ2n) is 7.70. The van der Waals surface area contributed by atoms with Crippen molar-refractivity contribution < 1.29 is 9.53 Å². The van der Waals surface area contributed by atoms with Gasteiger partial charge in [0, 0.05) is 18.8 Å². The molecule has 0 unspecified atom stereocenters. The van der Waals surface area contributed by atoms with Crippen LogP contribution in [0.1, 0.15) is 52.2 Å². The molecule has 0 saturated carbocycles. The Morgan fingerprint density at radius 3 is 2.74 bits per heavy atom. The van der Waals surface area contributed by atoms with Gasteiger partial charge >= 0.3 is 6.09 Å². The van der Waals surface area contributed by atoms with Gasteiger partial charge in [-0.1, -0.05) is 26.0 Å². The van der Waals surface area contributed by atoms with Crippen LogP contribution < -0.4 is 5.32 Å². The largest absolute Gasteiger partial charge is 0.444 e. The van der Waals surface area contributed by atoms with Crippen molar-refractivity contribution >= 4 is 11.8 Å². The number of ether oxygens (including phenoxy) is 1. The summed E-state index contributed by atoms with van der Waals surface area (Å²) >= 11 is 0. The number of benzene rings is 1. The molecule has 1 heterocycles. The van der Waals surface area contributed by atoms with Crippen molar-refractivity contribution in [1.82, 2.24) is 4.90 Å². The Morgan fingerprint density at radius 1 is 1.35 bits per heavy atom. The number of carbonyl (C=O) groups is 1. The van der Waals surface area contributed by atoms with E-state index in [0.29, 0.717) is 12.5 Å². The summed E-state index contributed by atoms with van der Waals surface area (Å²) in [6.45, 7) is 12.5. The molecule has 0 aromatic heterocycles. The average Bonchev–Trinajstić information content (AvgIpc) is 2.45. The van der Waals surface area contributed by atoms with E-state index in [2.05, 4.69) is 37.4 Å². The number of anilines is 1. The monoisotopic (exact) mass is 318 g/mol. The maximum Gasteiger partial charge on any atom is 0.410 e. The van der Waals surface area contributed by atoms with Gasteiger partial charge in [0.15, 0.2) is 0 Å². The number of hydrogen-bond acceptors (Lipinski definition) is 3. The fourth-order valence-electron chi connectivity index (χ4n) is 2.72. The first kappa shape index (κ1) is 17.6. The smallest absolute Gasteiger partial charge is 0.410 e. The standard InChI is InChI=1S/C19H30N2O2/c1-14(2)9-11-20-17-8-6-7-15-10-12-21(13-16(15)17)18(22)23-19(3,4)5/h6-8,14,20H,9-13H2,1-5H3. The molecule has 1 aromatic rings. The van der Waals surface area contributed by atoms with Crippen LogP contribution in [0.4, 0.5) is 10.5 Å². The van der Waals surface area contributed by atoms with Gasteiger partial charge in [0.05, 0.1) is 6.54 Å². The van der Waals surface area contributed by atoms with E-state index >= 15 is 0 Å². The number of hydrogen-bond donors (Lipinski definition) is 1. The molecule has 1 amide bonds. The molecule has 4 heteroatoms. The molecular formula is C19H30N2O2. The molecule has 1 aliphatic heterocycles. The minimum atomic E-state index is -0.452. The summed E-state index contributed by atoms with van der Waals surface area (Å²) in [4.78, 5) is 14.1. The highest BCUT2D eigenvalue weighted by Gasteiger charge is 2.26. The third kappa shape index (κ3) is 5.15. The Morgan fingerprint density at radius 2 is 2.09 bits per heavy atom. The van der Waals surface area contributed by atoms with Crippen molar-refractivity contribution in [3.63, 3.8) is 0 Å². The van der Waals surface area contributed by atoms with Gasteiger partial charge in [0.1, 0.15) is 5.60 Å². The molecular weight excluding hydrogens is 288 g/mol. The van der Waals surface area contributed by atoms with E-state index in [1.165, 1.54) is 11.1 Å². The highest BCUT2D eigenvalue weighted by molar-refractivity contribution is 5.69. The predicted molar refractivity (Wildman–Crippen MR) is 94.7 cm³/mol. The quantitative estimate of drug-likeness (QED) is 0.892. The Kier molecular flexibility index (Phi) is 5.55. The number of nitrogens with one attached hydrogen (secondary N) is 1. The van der Waals surface area contributed by atoms with Crippen molar-refractivity contribution in [3.05, 3.63) is 29.3 Å². The zero-order valence-electron chi connectivity index (χ0n) is 15.1. The first-order chi connectivity index (χ1) is 10.8. The van der Waals surface area contributed by atoms with Gasteiger partial charge in [-0.25, -0.2) is 4.79 Å². The van der Waals surface area contributed by atoms with Crippen molar-refractivity contribution in [2.45, 2.75) is 59.6 Å². The molecule has 1 aromatic carbocycles. The van der Waals surface area contributed by atoms with Crippen molar-refractivity contribution in [3.8, 4) is 0 Å². The summed E-state index contributed by atoms with van der Waals surface area (Å²) in [7, 11) is 0. The van der Waals surface area contributed by atoms with Crippen LogP contribution in [-0.2, 0) is 17.7 Å². The van der Waals surface area contributed by atoms with Gasteiger partial charge in [-0.3, -0.25) is 0 Å². The summed E-state index contributed by atoms with van der Waals surface area (Å²) in [5, 5.41) is 3.53. The van der Waals surface area contributed by atoms with Gasteiger partial charge in [-0.15, -0.1) is 0 Å². The predicted octanol–water partition coefficient (Wildman–Crippen LogP) is 4.44. The van der Waals surface area contributed by atoms with Gasteiger partial charge in [0.2, 0.25) is 0 Å². The van der Waals surface area contributed by atoms with Crippen molar-refractivity contribution in [2.75, 3.05) is 18.4 Å². The molecule has 0 bridgehead atoms. The van der Waals surface area contributed by atoms with E-state index in [1.807, 2.05) is 20.8 Å².